The maximum Gasteiger partial charge on any atom is 0.301 e. The van der Waals surface area contributed by atoms with Crippen LogP contribution in [0.3, 0.4) is 0 Å². The van der Waals surface area contributed by atoms with E-state index >= 15 is 0 Å². The smallest absolute Gasteiger partial charge is 0.301 e. The molecule has 3 heterocycles. The van der Waals surface area contributed by atoms with Crippen molar-refractivity contribution in [2.24, 2.45) is 0 Å². The van der Waals surface area contributed by atoms with Gasteiger partial charge in [-0.3, -0.25) is 14.5 Å². The molecule has 3 aromatic carbocycles. The molecular weight excluding hydrogens is 532 g/mol. The van der Waals surface area contributed by atoms with Crippen molar-refractivity contribution >= 4 is 44.1 Å². The summed E-state index contributed by atoms with van der Waals surface area (Å²) in [6, 6.07) is 14.9. The fourth-order valence-electron chi connectivity index (χ4n) is 4.94. The number of fused-ring (bicyclic) bond motifs is 2. The van der Waals surface area contributed by atoms with Gasteiger partial charge in [0, 0.05) is 5.56 Å². The Hall–Kier alpha value is -4.57. The highest BCUT2D eigenvalue weighted by Crippen LogP contribution is 2.46. The number of hydrogen-bond donors (Lipinski definition) is 1. The molecule has 10 heteroatoms. The first kappa shape index (κ1) is 25.7. The molecule has 1 aromatic heterocycles. The van der Waals surface area contributed by atoms with Crippen LogP contribution < -0.4 is 23.8 Å². The number of benzene rings is 3. The lowest BCUT2D eigenvalue weighted by molar-refractivity contribution is -0.132. The summed E-state index contributed by atoms with van der Waals surface area (Å²) in [5.41, 5.74) is 2.57. The molecule has 1 N–H and O–H groups in total. The van der Waals surface area contributed by atoms with E-state index in [-0.39, 0.29) is 11.3 Å². The van der Waals surface area contributed by atoms with Gasteiger partial charge in [-0.05, 0) is 67.4 Å². The third-order valence-corrected chi connectivity index (χ3v) is 7.82. The number of ketones is 1. The minimum atomic E-state index is -0.973. The highest BCUT2D eigenvalue weighted by molar-refractivity contribution is 7.22. The highest BCUT2D eigenvalue weighted by Gasteiger charge is 2.48. The minimum Gasteiger partial charge on any atom is -0.507 e. The number of carbonyl (C=O) groups is 2. The maximum atomic E-state index is 13.6. The Morgan fingerprint density at radius 1 is 1.05 bits per heavy atom. The highest BCUT2D eigenvalue weighted by atomic mass is 32.1. The van der Waals surface area contributed by atoms with Crippen LogP contribution in [0, 0.1) is 6.92 Å². The topological polar surface area (TPSA) is 107 Å². The van der Waals surface area contributed by atoms with Gasteiger partial charge in [-0.1, -0.05) is 23.5 Å². The number of nitrogens with zero attached hydrogens (tertiary/aromatic N) is 2. The zero-order chi connectivity index (χ0) is 28.0. The van der Waals surface area contributed by atoms with Gasteiger partial charge in [0.2, 0.25) is 0 Å². The van der Waals surface area contributed by atoms with E-state index < -0.39 is 17.7 Å². The van der Waals surface area contributed by atoms with Crippen LogP contribution in [0.2, 0.25) is 0 Å². The van der Waals surface area contributed by atoms with Gasteiger partial charge in [0.15, 0.2) is 28.1 Å². The molecule has 4 aromatic rings. The van der Waals surface area contributed by atoms with Crippen molar-refractivity contribution < 1.29 is 33.6 Å². The number of anilines is 1. The molecule has 0 aliphatic carbocycles. The van der Waals surface area contributed by atoms with Crippen molar-refractivity contribution in [3.63, 3.8) is 0 Å². The van der Waals surface area contributed by atoms with Gasteiger partial charge in [-0.15, -0.1) is 0 Å². The molecule has 1 amide bonds. The predicted octanol–water partition coefficient (Wildman–Crippen LogP) is 5.41. The largest absolute Gasteiger partial charge is 0.507 e. The zero-order valence-corrected chi connectivity index (χ0v) is 22.9. The molecule has 2 aliphatic rings. The van der Waals surface area contributed by atoms with Crippen LogP contribution in [-0.2, 0) is 9.59 Å². The third kappa shape index (κ3) is 4.30. The van der Waals surface area contributed by atoms with E-state index in [9.17, 15) is 14.7 Å². The molecule has 1 atom stereocenters. The summed E-state index contributed by atoms with van der Waals surface area (Å²) in [5.74, 6) is 0.0180. The lowest BCUT2D eigenvalue weighted by Crippen LogP contribution is -2.29. The van der Waals surface area contributed by atoms with Gasteiger partial charge in [-0.25, -0.2) is 4.98 Å². The number of aliphatic hydroxyl groups is 1. The Kier molecular flexibility index (Phi) is 6.55. The van der Waals surface area contributed by atoms with Gasteiger partial charge in [0.05, 0.1) is 35.5 Å². The fourth-order valence-corrected chi connectivity index (χ4v) is 6.03. The van der Waals surface area contributed by atoms with E-state index in [1.807, 2.05) is 32.0 Å². The third-order valence-electron chi connectivity index (χ3n) is 6.80. The summed E-state index contributed by atoms with van der Waals surface area (Å²) >= 11 is 1.31. The number of aromatic nitrogens is 1. The molecule has 40 heavy (non-hydrogen) atoms. The van der Waals surface area contributed by atoms with Crippen molar-refractivity contribution in [2.75, 3.05) is 31.8 Å². The summed E-state index contributed by atoms with van der Waals surface area (Å²) in [5, 5.41) is 11.9. The van der Waals surface area contributed by atoms with Crippen molar-refractivity contribution in [2.45, 2.75) is 19.9 Å². The number of rotatable bonds is 6. The van der Waals surface area contributed by atoms with Gasteiger partial charge in [0.1, 0.15) is 19.0 Å². The number of aliphatic hydroxyl groups excluding tert-OH is 1. The first-order valence-corrected chi connectivity index (χ1v) is 13.6. The van der Waals surface area contributed by atoms with Crippen LogP contribution in [0.15, 0.2) is 60.2 Å². The Morgan fingerprint density at radius 2 is 1.85 bits per heavy atom. The van der Waals surface area contributed by atoms with E-state index in [0.717, 1.165) is 10.3 Å². The summed E-state index contributed by atoms with van der Waals surface area (Å²) in [6.07, 6.45) is 0. The Bertz CT molecular complexity index is 1690. The molecule has 0 bridgehead atoms. The number of thiazole rings is 1. The summed E-state index contributed by atoms with van der Waals surface area (Å²) in [7, 11) is 1.52. The number of amides is 1. The molecule has 9 nitrogen and oxygen atoms in total. The number of ether oxygens (including phenoxy) is 4. The van der Waals surface area contributed by atoms with Crippen molar-refractivity contribution in [3.8, 4) is 23.0 Å². The van der Waals surface area contributed by atoms with Crippen LogP contribution >= 0.6 is 11.3 Å². The number of aryl methyl sites for hydroxylation is 1. The normalized spacial score (nSPS) is 17.9. The van der Waals surface area contributed by atoms with Crippen LogP contribution in [0.1, 0.15) is 29.7 Å². The Morgan fingerprint density at radius 3 is 2.62 bits per heavy atom. The molecule has 1 unspecified atom stereocenters. The van der Waals surface area contributed by atoms with Crippen LogP contribution in [-0.4, -0.2) is 48.7 Å². The van der Waals surface area contributed by atoms with E-state index in [4.69, 9.17) is 18.9 Å². The number of hydrogen-bond acceptors (Lipinski definition) is 9. The molecule has 6 rings (SSSR count). The van der Waals surface area contributed by atoms with Gasteiger partial charge < -0.3 is 24.1 Å². The fraction of sp³-hybridized carbons (Fsp3) is 0.233. The summed E-state index contributed by atoms with van der Waals surface area (Å²) in [4.78, 5) is 33.3. The Labute approximate surface area is 234 Å². The van der Waals surface area contributed by atoms with Crippen LogP contribution in [0.5, 0.6) is 23.0 Å². The van der Waals surface area contributed by atoms with E-state index in [2.05, 4.69) is 4.98 Å². The first-order chi connectivity index (χ1) is 19.4. The number of Topliss-reactive ketones (excluding diaryl/α,β-unsaturated/α-hetero) is 1. The van der Waals surface area contributed by atoms with Crippen molar-refractivity contribution in [1.82, 2.24) is 4.98 Å². The molecule has 1 fully saturated rings. The standard InChI is InChI=1S/C30H26N2O7S/c1-4-37-20-9-6-17(14-22(20)36-3)26-25(27(33)18-7-10-21-23(15-18)39-12-11-38-21)28(34)29(35)32(26)30-31-19-8-5-16(2)13-24(19)40-30/h5-10,13-15,26,33H,4,11-12H2,1-3H3/b27-25+. The Balaban J connectivity index is 1.55. The molecule has 0 saturated carbocycles. The average molecular weight is 559 g/mol. The average Bonchev–Trinajstić information content (AvgIpc) is 3.50. The second kappa shape index (κ2) is 10.2. The van der Waals surface area contributed by atoms with E-state index in [1.165, 1.54) is 23.3 Å². The second-order valence-electron chi connectivity index (χ2n) is 9.34. The summed E-state index contributed by atoms with van der Waals surface area (Å²) < 4.78 is 23.4. The van der Waals surface area contributed by atoms with Crippen molar-refractivity contribution in [3.05, 3.63) is 76.9 Å². The maximum absolute atomic E-state index is 13.6. The number of methoxy groups -OCH3 is 1. The van der Waals surface area contributed by atoms with Crippen molar-refractivity contribution in [1.29, 1.82) is 0 Å². The molecule has 0 radical (unpaired) electrons. The van der Waals surface area contributed by atoms with E-state index in [0.29, 0.717) is 64.6 Å². The summed E-state index contributed by atoms with van der Waals surface area (Å²) in [6.45, 7) is 5.06. The van der Waals surface area contributed by atoms with Gasteiger partial charge in [-0.2, -0.15) is 0 Å². The molecule has 204 valence electrons. The lowest BCUT2D eigenvalue weighted by Gasteiger charge is -2.24. The van der Waals surface area contributed by atoms with Gasteiger partial charge >= 0.3 is 5.91 Å². The molecular formula is C30H26N2O7S. The van der Waals surface area contributed by atoms with Crippen LogP contribution in [0.4, 0.5) is 5.13 Å². The number of carbonyl (C=O) groups excluding carboxylic acids is 2. The van der Waals surface area contributed by atoms with E-state index in [1.54, 1.807) is 36.4 Å². The minimum absolute atomic E-state index is 0.0664. The predicted molar refractivity (Wildman–Crippen MR) is 151 cm³/mol. The first-order valence-electron chi connectivity index (χ1n) is 12.8. The van der Waals surface area contributed by atoms with Crippen LogP contribution in [0.25, 0.3) is 16.0 Å². The molecule has 2 aliphatic heterocycles. The molecule has 0 spiro atoms. The van der Waals surface area contributed by atoms with Gasteiger partial charge in [0.25, 0.3) is 5.78 Å². The second-order valence-corrected chi connectivity index (χ2v) is 10.3. The molecule has 1 saturated heterocycles. The lowest BCUT2D eigenvalue weighted by atomic mass is 9.95. The zero-order valence-electron chi connectivity index (χ0n) is 22.1. The monoisotopic (exact) mass is 558 g/mol. The quantitative estimate of drug-likeness (QED) is 0.190. The SMILES string of the molecule is CCOc1ccc(C2/C(=C(\O)c3ccc4c(c3)OCCO4)C(=O)C(=O)N2c2nc3ccc(C)cc3s2)cc1OC.